The summed E-state index contributed by atoms with van der Waals surface area (Å²) in [6.07, 6.45) is 2.93. The highest BCUT2D eigenvalue weighted by Gasteiger charge is 2.27. The second kappa shape index (κ2) is 6.37. The molecular formula is C17H19FN2O2S. The predicted molar refractivity (Wildman–Crippen MR) is 88.0 cm³/mol. The smallest absolute Gasteiger partial charge is 0.211 e. The van der Waals surface area contributed by atoms with E-state index in [0.717, 1.165) is 18.5 Å². The molecular weight excluding hydrogens is 315 g/mol. The fourth-order valence-corrected chi connectivity index (χ4v) is 3.89. The molecule has 0 aliphatic carbocycles. The molecule has 122 valence electrons. The van der Waals surface area contributed by atoms with Crippen LogP contribution in [0.15, 0.2) is 42.5 Å². The second-order valence-corrected chi connectivity index (χ2v) is 7.87. The maximum absolute atomic E-state index is 13.9. The molecule has 0 radical (unpaired) electrons. The molecule has 1 fully saturated rings. The molecule has 3 rings (SSSR count). The van der Waals surface area contributed by atoms with Crippen LogP contribution in [0.2, 0.25) is 0 Å². The van der Waals surface area contributed by atoms with Gasteiger partial charge in [0.05, 0.1) is 11.9 Å². The molecule has 0 spiro atoms. The Morgan fingerprint density at radius 1 is 1.17 bits per heavy atom. The van der Waals surface area contributed by atoms with Gasteiger partial charge < -0.3 is 0 Å². The Bertz CT molecular complexity index is 808. The van der Waals surface area contributed by atoms with Crippen LogP contribution in [0.4, 0.5) is 4.39 Å². The number of aromatic nitrogens is 1. The van der Waals surface area contributed by atoms with Crippen molar-refractivity contribution in [2.75, 3.05) is 19.3 Å². The zero-order valence-corrected chi connectivity index (χ0v) is 13.8. The number of hydrogen-bond acceptors (Lipinski definition) is 3. The molecule has 2 heterocycles. The van der Waals surface area contributed by atoms with Gasteiger partial charge in [-0.25, -0.2) is 17.1 Å². The average molecular weight is 334 g/mol. The molecule has 4 nitrogen and oxygen atoms in total. The zero-order chi connectivity index (χ0) is 16.4. The number of pyridine rings is 1. The van der Waals surface area contributed by atoms with Gasteiger partial charge in [0.2, 0.25) is 10.0 Å². The Labute approximate surface area is 136 Å². The number of rotatable bonds is 3. The van der Waals surface area contributed by atoms with Gasteiger partial charge in [-0.05, 0) is 37.1 Å². The van der Waals surface area contributed by atoms with E-state index in [0.29, 0.717) is 24.3 Å². The van der Waals surface area contributed by atoms with Crippen LogP contribution in [0.5, 0.6) is 0 Å². The lowest BCUT2D eigenvalue weighted by molar-refractivity contribution is 0.314. The third kappa shape index (κ3) is 3.59. The highest BCUT2D eigenvalue weighted by Crippen LogP contribution is 2.29. The summed E-state index contributed by atoms with van der Waals surface area (Å²) in [4.78, 5) is 4.58. The Morgan fingerprint density at radius 2 is 1.96 bits per heavy atom. The minimum atomic E-state index is -3.19. The number of benzene rings is 1. The largest absolute Gasteiger partial charge is 0.252 e. The van der Waals surface area contributed by atoms with Gasteiger partial charge in [0.15, 0.2) is 0 Å². The summed E-state index contributed by atoms with van der Waals surface area (Å²) in [6.45, 7) is 0.995. The molecule has 0 bridgehead atoms. The summed E-state index contributed by atoms with van der Waals surface area (Å²) < 4.78 is 38.9. The molecule has 1 unspecified atom stereocenters. The third-order valence-corrected chi connectivity index (χ3v) is 5.46. The van der Waals surface area contributed by atoms with Crippen molar-refractivity contribution < 1.29 is 12.8 Å². The summed E-state index contributed by atoms with van der Waals surface area (Å²) in [5.41, 5.74) is 1.86. The number of hydrogen-bond donors (Lipinski definition) is 0. The van der Waals surface area contributed by atoms with Crippen LogP contribution >= 0.6 is 0 Å². The van der Waals surface area contributed by atoms with Crippen LogP contribution in [0.1, 0.15) is 24.5 Å². The summed E-state index contributed by atoms with van der Waals surface area (Å²) in [7, 11) is -3.19. The van der Waals surface area contributed by atoms with E-state index in [1.807, 2.05) is 12.1 Å². The Kier molecular flexibility index (Phi) is 4.46. The summed E-state index contributed by atoms with van der Waals surface area (Å²) in [6, 6.07) is 12.1. The van der Waals surface area contributed by atoms with E-state index in [1.54, 1.807) is 24.3 Å². The third-order valence-electron chi connectivity index (χ3n) is 4.19. The number of halogens is 1. The lowest BCUT2D eigenvalue weighted by atomic mass is 9.95. The van der Waals surface area contributed by atoms with Crippen LogP contribution in [0, 0.1) is 5.82 Å². The molecule has 1 aliphatic rings. The second-order valence-electron chi connectivity index (χ2n) is 5.89. The van der Waals surface area contributed by atoms with Gasteiger partial charge in [0, 0.05) is 30.3 Å². The molecule has 1 atom stereocenters. The minimum absolute atomic E-state index is 0.0465. The molecule has 0 N–H and O–H groups in total. The van der Waals surface area contributed by atoms with Crippen molar-refractivity contribution in [3.63, 3.8) is 0 Å². The summed E-state index contributed by atoms with van der Waals surface area (Å²) in [5, 5.41) is 0. The molecule has 1 aliphatic heterocycles. The van der Waals surface area contributed by atoms with Crippen LogP contribution in [-0.4, -0.2) is 37.1 Å². The highest BCUT2D eigenvalue weighted by atomic mass is 32.2. The molecule has 0 saturated carbocycles. The summed E-state index contributed by atoms with van der Waals surface area (Å²) >= 11 is 0. The maximum atomic E-state index is 13.9. The van der Waals surface area contributed by atoms with Crippen molar-refractivity contribution >= 4 is 10.0 Å². The first kappa shape index (κ1) is 16.1. The van der Waals surface area contributed by atoms with Crippen molar-refractivity contribution in [3.8, 4) is 11.3 Å². The fourth-order valence-electron chi connectivity index (χ4n) is 2.98. The number of piperidine rings is 1. The standard InChI is InChI=1S/C17H19FN2O2S/c1-23(21,22)20-11-5-6-13(12-20)16-9-4-10-17(19-16)14-7-2-3-8-15(14)18/h2-4,7-10,13H,5-6,11-12H2,1H3. The first-order valence-corrected chi connectivity index (χ1v) is 9.47. The highest BCUT2D eigenvalue weighted by molar-refractivity contribution is 7.88. The van der Waals surface area contributed by atoms with E-state index in [9.17, 15) is 12.8 Å². The summed E-state index contributed by atoms with van der Waals surface area (Å²) in [5.74, 6) is -0.260. The van der Waals surface area contributed by atoms with E-state index in [2.05, 4.69) is 4.98 Å². The lowest BCUT2D eigenvalue weighted by Gasteiger charge is -2.30. The van der Waals surface area contributed by atoms with Gasteiger partial charge in [0.1, 0.15) is 5.82 Å². The molecule has 2 aromatic rings. The first-order chi connectivity index (χ1) is 10.9. The van der Waals surface area contributed by atoms with Gasteiger partial charge >= 0.3 is 0 Å². The normalized spacial score (nSPS) is 19.7. The first-order valence-electron chi connectivity index (χ1n) is 7.62. The zero-order valence-electron chi connectivity index (χ0n) is 12.9. The fraction of sp³-hybridized carbons (Fsp3) is 0.353. The maximum Gasteiger partial charge on any atom is 0.211 e. The van der Waals surface area contributed by atoms with Crippen LogP contribution in [0.25, 0.3) is 11.3 Å². The Hall–Kier alpha value is -1.79. The quantitative estimate of drug-likeness (QED) is 0.867. The van der Waals surface area contributed by atoms with E-state index >= 15 is 0 Å². The van der Waals surface area contributed by atoms with E-state index in [4.69, 9.17) is 0 Å². The predicted octanol–water partition coefficient (Wildman–Crippen LogP) is 3.03. The lowest BCUT2D eigenvalue weighted by Crippen LogP contribution is -2.38. The van der Waals surface area contributed by atoms with Crippen LogP contribution in [-0.2, 0) is 10.0 Å². The van der Waals surface area contributed by atoms with Gasteiger partial charge in [-0.3, -0.25) is 4.98 Å². The van der Waals surface area contributed by atoms with Gasteiger partial charge in [-0.15, -0.1) is 0 Å². The molecule has 1 aromatic carbocycles. The molecule has 23 heavy (non-hydrogen) atoms. The van der Waals surface area contributed by atoms with E-state index in [-0.39, 0.29) is 11.7 Å². The average Bonchev–Trinajstić information content (AvgIpc) is 2.55. The topological polar surface area (TPSA) is 50.3 Å². The number of nitrogens with zero attached hydrogens (tertiary/aromatic N) is 2. The van der Waals surface area contributed by atoms with Crippen molar-refractivity contribution in [1.82, 2.24) is 9.29 Å². The SMILES string of the molecule is CS(=O)(=O)N1CCCC(c2cccc(-c3ccccc3F)n2)C1. The van der Waals surface area contributed by atoms with Crippen molar-refractivity contribution in [1.29, 1.82) is 0 Å². The minimum Gasteiger partial charge on any atom is -0.252 e. The van der Waals surface area contributed by atoms with Gasteiger partial charge in [-0.1, -0.05) is 18.2 Å². The Morgan fingerprint density at radius 3 is 2.70 bits per heavy atom. The van der Waals surface area contributed by atoms with Crippen molar-refractivity contribution in [3.05, 3.63) is 54.0 Å². The van der Waals surface area contributed by atoms with Crippen molar-refractivity contribution in [2.24, 2.45) is 0 Å². The molecule has 1 saturated heterocycles. The van der Waals surface area contributed by atoms with Gasteiger partial charge in [0.25, 0.3) is 0 Å². The molecule has 0 amide bonds. The van der Waals surface area contributed by atoms with Crippen LogP contribution in [0.3, 0.4) is 0 Å². The van der Waals surface area contributed by atoms with Crippen molar-refractivity contribution in [2.45, 2.75) is 18.8 Å². The van der Waals surface area contributed by atoms with Gasteiger partial charge in [-0.2, -0.15) is 0 Å². The molecule has 6 heteroatoms. The van der Waals surface area contributed by atoms with Crippen LogP contribution < -0.4 is 0 Å². The monoisotopic (exact) mass is 334 g/mol. The molecule has 1 aromatic heterocycles. The van der Waals surface area contributed by atoms with E-state index < -0.39 is 10.0 Å². The van der Waals surface area contributed by atoms with E-state index in [1.165, 1.54) is 16.6 Å². The Balaban J connectivity index is 1.90. The number of sulfonamides is 1.